The van der Waals surface area contributed by atoms with Crippen LogP contribution in [0.1, 0.15) is 32.9 Å². The molecule has 1 unspecified atom stereocenters. The molecule has 2 aromatic heterocycles. The molecule has 1 atom stereocenters. The summed E-state index contributed by atoms with van der Waals surface area (Å²) < 4.78 is 21.9. The maximum absolute atomic E-state index is 14.6. The van der Waals surface area contributed by atoms with E-state index in [1.807, 2.05) is 32.2 Å². The summed E-state index contributed by atoms with van der Waals surface area (Å²) in [6.45, 7) is 8.30. The molecule has 0 saturated carbocycles. The Kier molecular flexibility index (Phi) is 4.96. The summed E-state index contributed by atoms with van der Waals surface area (Å²) in [5, 5.41) is 4.23. The summed E-state index contributed by atoms with van der Waals surface area (Å²) in [4.78, 5) is 4.47. The first kappa shape index (κ1) is 18.3. The summed E-state index contributed by atoms with van der Waals surface area (Å²) in [6.07, 6.45) is 4.32. The second-order valence-corrected chi connectivity index (χ2v) is 7.58. The molecule has 1 aromatic carbocycles. The van der Waals surface area contributed by atoms with Crippen LogP contribution in [0.15, 0.2) is 36.7 Å². The van der Waals surface area contributed by atoms with E-state index in [0.717, 1.165) is 23.2 Å². The Labute approximate surface area is 153 Å². The highest BCUT2D eigenvalue weighted by Crippen LogP contribution is 2.28. The van der Waals surface area contributed by atoms with Crippen molar-refractivity contribution >= 4 is 5.65 Å². The van der Waals surface area contributed by atoms with Gasteiger partial charge in [0.05, 0.1) is 11.9 Å². The number of benzene rings is 1. The Bertz CT molecular complexity index is 917. The minimum atomic E-state index is -0.496. The van der Waals surface area contributed by atoms with Gasteiger partial charge in [-0.05, 0) is 49.9 Å². The lowest BCUT2D eigenvalue weighted by Crippen LogP contribution is -2.43. The van der Waals surface area contributed by atoms with Crippen molar-refractivity contribution in [3.05, 3.63) is 48.2 Å². The van der Waals surface area contributed by atoms with Crippen LogP contribution in [0.5, 0.6) is 5.75 Å². The monoisotopic (exact) mass is 356 g/mol. The van der Waals surface area contributed by atoms with Gasteiger partial charge in [-0.15, -0.1) is 0 Å². The highest BCUT2D eigenvalue weighted by atomic mass is 19.1. The maximum atomic E-state index is 14.6. The topological polar surface area (TPSA) is 65.4 Å². The lowest BCUT2D eigenvalue weighted by molar-refractivity contribution is 0.200. The Balaban J connectivity index is 1.83. The number of nitrogens with two attached hydrogens (primary N) is 1. The molecule has 0 bridgehead atoms. The third kappa shape index (κ3) is 4.02. The molecule has 6 heteroatoms. The number of hydrogen-bond donors (Lipinski definition) is 1. The van der Waals surface area contributed by atoms with Crippen molar-refractivity contribution in [1.82, 2.24) is 14.6 Å². The van der Waals surface area contributed by atoms with Crippen molar-refractivity contribution in [2.45, 2.75) is 39.7 Å². The SMILES string of the molecule is Cc1cn2nccc(-c3ccc(OCC(C)(N)CC(C)C)c(F)c3)c2n1. The predicted molar refractivity (Wildman–Crippen MR) is 101 cm³/mol. The first-order chi connectivity index (χ1) is 12.2. The lowest BCUT2D eigenvalue weighted by Gasteiger charge is -2.26. The highest BCUT2D eigenvalue weighted by Gasteiger charge is 2.22. The van der Waals surface area contributed by atoms with Gasteiger partial charge in [0.25, 0.3) is 0 Å². The van der Waals surface area contributed by atoms with Gasteiger partial charge in [-0.3, -0.25) is 0 Å². The number of fused-ring (bicyclic) bond motifs is 1. The van der Waals surface area contributed by atoms with E-state index in [1.165, 1.54) is 6.07 Å². The third-order valence-electron chi connectivity index (χ3n) is 4.16. The fourth-order valence-electron chi connectivity index (χ4n) is 3.26. The van der Waals surface area contributed by atoms with Crippen molar-refractivity contribution in [2.24, 2.45) is 11.7 Å². The first-order valence-corrected chi connectivity index (χ1v) is 8.78. The lowest BCUT2D eigenvalue weighted by atomic mass is 9.93. The number of aryl methyl sites for hydroxylation is 1. The van der Waals surface area contributed by atoms with Crippen LogP contribution in [0.3, 0.4) is 0 Å². The van der Waals surface area contributed by atoms with Gasteiger partial charge < -0.3 is 10.5 Å². The summed E-state index contributed by atoms with van der Waals surface area (Å²) in [6, 6.07) is 6.76. The molecule has 0 aliphatic heterocycles. The van der Waals surface area contributed by atoms with E-state index >= 15 is 0 Å². The minimum Gasteiger partial charge on any atom is -0.489 e. The van der Waals surface area contributed by atoms with E-state index in [1.54, 1.807) is 16.8 Å². The van der Waals surface area contributed by atoms with Gasteiger partial charge in [0.1, 0.15) is 6.61 Å². The molecule has 3 rings (SSSR count). The van der Waals surface area contributed by atoms with Gasteiger partial charge in [-0.2, -0.15) is 5.10 Å². The number of nitrogens with zero attached hydrogens (tertiary/aromatic N) is 3. The van der Waals surface area contributed by atoms with Crippen molar-refractivity contribution in [3.63, 3.8) is 0 Å². The molecule has 0 aliphatic carbocycles. The normalized spacial score (nSPS) is 14.0. The largest absolute Gasteiger partial charge is 0.489 e. The Morgan fingerprint density at radius 3 is 2.77 bits per heavy atom. The number of ether oxygens (including phenoxy) is 1. The summed E-state index contributed by atoms with van der Waals surface area (Å²) in [5.41, 5.74) is 8.85. The average molecular weight is 356 g/mol. The second kappa shape index (κ2) is 7.03. The number of rotatable bonds is 6. The molecular formula is C20H25FN4O. The number of hydrogen-bond acceptors (Lipinski definition) is 4. The summed E-state index contributed by atoms with van der Waals surface area (Å²) >= 11 is 0. The minimum absolute atomic E-state index is 0.207. The predicted octanol–water partition coefficient (Wildman–Crippen LogP) is 3.99. The standard InChI is InChI=1S/C20H25FN4O/c1-13(2)10-20(4,22)12-26-18-6-5-15(9-17(18)21)16-7-8-23-25-11-14(3)24-19(16)25/h5-9,11,13H,10,12,22H2,1-4H3. The van der Waals surface area contributed by atoms with Crippen LogP contribution in [-0.2, 0) is 0 Å². The maximum Gasteiger partial charge on any atom is 0.165 e. The summed E-state index contributed by atoms with van der Waals surface area (Å²) in [7, 11) is 0. The number of halogens is 1. The van der Waals surface area contributed by atoms with E-state index in [9.17, 15) is 4.39 Å². The Morgan fingerprint density at radius 1 is 1.31 bits per heavy atom. The van der Waals surface area contributed by atoms with E-state index in [4.69, 9.17) is 10.5 Å². The van der Waals surface area contributed by atoms with Crippen molar-refractivity contribution < 1.29 is 9.13 Å². The first-order valence-electron chi connectivity index (χ1n) is 8.78. The molecule has 2 N–H and O–H groups in total. The van der Waals surface area contributed by atoms with Gasteiger partial charge in [-0.25, -0.2) is 13.9 Å². The molecule has 138 valence electrons. The average Bonchev–Trinajstić information content (AvgIpc) is 2.92. The molecule has 3 aromatic rings. The van der Waals surface area contributed by atoms with Gasteiger partial charge >= 0.3 is 0 Å². The van der Waals surface area contributed by atoms with Gasteiger partial charge in [-0.1, -0.05) is 19.9 Å². The fourth-order valence-corrected chi connectivity index (χ4v) is 3.26. The Morgan fingerprint density at radius 2 is 2.08 bits per heavy atom. The summed E-state index contributed by atoms with van der Waals surface area (Å²) in [5.74, 6) is 0.243. The van der Waals surface area contributed by atoms with Crippen molar-refractivity contribution in [1.29, 1.82) is 0 Å². The van der Waals surface area contributed by atoms with E-state index in [0.29, 0.717) is 11.6 Å². The van der Waals surface area contributed by atoms with Crippen LogP contribution in [-0.4, -0.2) is 26.7 Å². The zero-order chi connectivity index (χ0) is 18.9. The van der Waals surface area contributed by atoms with Crippen LogP contribution in [0, 0.1) is 18.7 Å². The molecule has 0 saturated heterocycles. The van der Waals surface area contributed by atoms with Crippen LogP contribution in [0.25, 0.3) is 16.8 Å². The van der Waals surface area contributed by atoms with Gasteiger partial charge in [0.2, 0.25) is 0 Å². The molecule has 26 heavy (non-hydrogen) atoms. The van der Waals surface area contributed by atoms with Crippen molar-refractivity contribution in [3.8, 4) is 16.9 Å². The molecule has 0 radical (unpaired) electrons. The molecule has 0 fully saturated rings. The van der Waals surface area contributed by atoms with E-state index < -0.39 is 11.4 Å². The number of imidazole rings is 1. The second-order valence-electron chi connectivity index (χ2n) is 7.58. The smallest absolute Gasteiger partial charge is 0.165 e. The molecule has 5 nitrogen and oxygen atoms in total. The third-order valence-corrected chi connectivity index (χ3v) is 4.16. The van der Waals surface area contributed by atoms with Crippen molar-refractivity contribution in [2.75, 3.05) is 6.61 Å². The Hall–Kier alpha value is -2.47. The zero-order valence-corrected chi connectivity index (χ0v) is 15.7. The fraction of sp³-hybridized carbons (Fsp3) is 0.400. The number of aromatic nitrogens is 3. The highest BCUT2D eigenvalue weighted by molar-refractivity contribution is 5.77. The van der Waals surface area contributed by atoms with Crippen LogP contribution < -0.4 is 10.5 Å². The molecule has 0 aliphatic rings. The van der Waals surface area contributed by atoms with Gasteiger partial charge in [0.15, 0.2) is 17.2 Å². The van der Waals surface area contributed by atoms with E-state index in [2.05, 4.69) is 23.9 Å². The molecule has 0 spiro atoms. The van der Waals surface area contributed by atoms with Crippen LogP contribution in [0.2, 0.25) is 0 Å². The van der Waals surface area contributed by atoms with Gasteiger partial charge in [0, 0.05) is 17.3 Å². The van der Waals surface area contributed by atoms with E-state index in [-0.39, 0.29) is 12.4 Å². The molecular weight excluding hydrogens is 331 g/mol. The molecule has 2 heterocycles. The zero-order valence-electron chi connectivity index (χ0n) is 15.7. The van der Waals surface area contributed by atoms with Crippen LogP contribution >= 0.6 is 0 Å². The quantitative estimate of drug-likeness (QED) is 0.725. The molecule has 0 amide bonds. The van der Waals surface area contributed by atoms with Crippen LogP contribution in [0.4, 0.5) is 4.39 Å².